The molecular weight excluding hydrogens is 360 g/mol. The number of piperidine rings is 1. The Hall–Kier alpha value is -1.98. The number of hydrogen-bond acceptors (Lipinski definition) is 3. The Bertz CT molecular complexity index is 853. The van der Waals surface area contributed by atoms with Crippen molar-refractivity contribution >= 4 is 16.8 Å². The van der Waals surface area contributed by atoms with E-state index in [1.54, 1.807) is 0 Å². The molecular formula is C23H27F2NO2. The monoisotopic (exact) mass is 387 g/mol. The number of benzene rings is 2. The molecule has 2 aliphatic rings. The smallest absolute Gasteiger partial charge is 0.257 e. The number of fused-ring (bicyclic) bond motifs is 2. The molecule has 3 atom stereocenters. The van der Waals surface area contributed by atoms with Gasteiger partial charge in [0.2, 0.25) is 0 Å². The van der Waals surface area contributed by atoms with E-state index in [2.05, 4.69) is 37.3 Å². The summed E-state index contributed by atoms with van der Waals surface area (Å²) in [6, 6.07) is 12.2. The lowest BCUT2D eigenvalue weighted by atomic mass is 10.1. The van der Waals surface area contributed by atoms with E-state index in [1.165, 1.54) is 5.56 Å². The van der Waals surface area contributed by atoms with Crippen molar-refractivity contribution in [3.63, 3.8) is 0 Å². The van der Waals surface area contributed by atoms with Crippen LogP contribution in [0.25, 0.3) is 16.8 Å². The minimum atomic E-state index is -2.48. The first-order chi connectivity index (χ1) is 13.5. The van der Waals surface area contributed by atoms with E-state index in [-0.39, 0.29) is 6.61 Å². The van der Waals surface area contributed by atoms with Crippen molar-refractivity contribution in [1.82, 2.24) is 4.90 Å². The second-order valence-electron chi connectivity index (χ2n) is 8.03. The van der Waals surface area contributed by atoms with Gasteiger partial charge in [0.1, 0.15) is 18.5 Å². The Morgan fingerprint density at radius 1 is 1.18 bits per heavy atom. The summed E-state index contributed by atoms with van der Waals surface area (Å²) in [4.78, 5) is 1.91. The van der Waals surface area contributed by atoms with Gasteiger partial charge in [0.05, 0.1) is 0 Å². The lowest BCUT2D eigenvalue weighted by molar-refractivity contribution is 0.0302. The van der Waals surface area contributed by atoms with Crippen molar-refractivity contribution in [2.45, 2.75) is 31.8 Å². The van der Waals surface area contributed by atoms with Crippen molar-refractivity contribution in [3.05, 3.63) is 48.0 Å². The van der Waals surface area contributed by atoms with Gasteiger partial charge in [-0.3, -0.25) is 4.90 Å². The molecule has 28 heavy (non-hydrogen) atoms. The number of hydrogen-bond donors (Lipinski definition) is 1. The number of rotatable bonds is 8. The van der Waals surface area contributed by atoms with Crippen molar-refractivity contribution in [1.29, 1.82) is 0 Å². The van der Waals surface area contributed by atoms with E-state index in [1.807, 2.05) is 23.1 Å². The number of ether oxygens (including phenoxy) is 1. The number of allylic oxidation sites excluding steroid dienone is 1. The predicted molar refractivity (Wildman–Crippen MR) is 108 cm³/mol. The highest BCUT2D eigenvalue weighted by atomic mass is 19.3. The number of unbranched alkanes of at least 4 members (excludes halogenated alkanes) is 1. The number of likely N-dealkylation sites (tertiary alicyclic amines) is 1. The Morgan fingerprint density at radius 2 is 1.89 bits per heavy atom. The Morgan fingerprint density at radius 3 is 2.64 bits per heavy atom. The third-order valence-corrected chi connectivity index (χ3v) is 5.79. The quantitative estimate of drug-likeness (QED) is 0.719. The highest BCUT2D eigenvalue weighted by Crippen LogP contribution is 2.59. The Labute approximate surface area is 164 Å². The Balaban J connectivity index is 1.29. The zero-order valence-corrected chi connectivity index (χ0v) is 16.2. The molecule has 0 aromatic heterocycles. The van der Waals surface area contributed by atoms with Crippen molar-refractivity contribution in [3.8, 4) is 5.75 Å². The van der Waals surface area contributed by atoms with Gasteiger partial charge < -0.3 is 9.84 Å². The molecule has 5 heteroatoms. The van der Waals surface area contributed by atoms with Crippen LogP contribution in [0.15, 0.2) is 42.5 Å². The van der Waals surface area contributed by atoms with E-state index >= 15 is 0 Å². The standard InChI is InChI=1S/C23H27F2NO2/c1-2-3-4-5-16-6-7-18-11-20(9-8-17(18)10-16)28-15-19(27)12-26-13-21-22(14-26)23(21,24)25/h4-11,19,21-22,27H,2-3,12-15H2,1H3/b5-4+. The van der Waals surface area contributed by atoms with Gasteiger partial charge >= 0.3 is 0 Å². The number of aliphatic hydroxyl groups is 1. The van der Waals surface area contributed by atoms with Gasteiger partial charge in [-0.1, -0.05) is 43.7 Å². The molecule has 4 rings (SSSR count). The van der Waals surface area contributed by atoms with Crippen LogP contribution in [0.4, 0.5) is 8.78 Å². The third kappa shape index (κ3) is 4.06. The molecule has 150 valence electrons. The van der Waals surface area contributed by atoms with Crippen LogP contribution in [-0.4, -0.2) is 48.3 Å². The highest BCUT2D eigenvalue weighted by Gasteiger charge is 2.71. The summed E-state index contributed by atoms with van der Waals surface area (Å²) in [7, 11) is 0. The summed E-state index contributed by atoms with van der Waals surface area (Å²) in [5.74, 6) is -2.79. The number of nitrogens with zero attached hydrogens (tertiary/aromatic N) is 1. The first-order valence-electron chi connectivity index (χ1n) is 10.1. The topological polar surface area (TPSA) is 32.7 Å². The van der Waals surface area contributed by atoms with E-state index < -0.39 is 23.9 Å². The predicted octanol–water partition coefficient (Wildman–Crippen LogP) is 4.59. The molecule has 1 saturated heterocycles. The average molecular weight is 387 g/mol. The number of β-amino-alcohol motifs (C(OH)–C–C–N with tert-alkyl or cyclic N) is 1. The van der Waals surface area contributed by atoms with Crippen LogP contribution < -0.4 is 4.74 Å². The molecule has 1 heterocycles. The molecule has 1 N–H and O–H groups in total. The van der Waals surface area contributed by atoms with Crippen LogP contribution in [0.3, 0.4) is 0 Å². The summed E-state index contributed by atoms with van der Waals surface area (Å²) < 4.78 is 32.2. The van der Waals surface area contributed by atoms with Gasteiger partial charge in [0.25, 0.3) is 5.92 Å². The zero-order valence-electron chi connectivity index (χ0n) is 16.2. The van der Waals surface area contributed by atoms with Crippen LogP contribution in [0, 0.1) is 11.8 Å². The number of halogens is 2. The van der Waals surface area contributed by atoms with Crippen molar-refractivity contribution < 1.29 is 18.6 Å². The molecule has 3 unspecified atom stereocenters. The SMILES string of the molecule is CCC/C=C/c1ccc2cc(OCC(O)CN3CC4C(C3)C4(F)F)ccc2c1. The van der Waals surface area contributed by atoms with Crippen LogP contribution in [0.2, 0.25) is 0 Å². The van der Waals surface area contributed by atoms with Gasteiger partial charge in [-0.25, -0.2) is 8.78 Å². The molecule has 2 aromatic carbocycles. The first-order valence-corrected chi connectivity index (χ1v) is 10.1. The molecule has 2 fully saturated rings. The molecule has 1 aliphatic carbocycles. The molecule has 0 spiro atoms. The maximum atomic E-state index is 13.2. The second-order valence-corrected chi connectivity index (χ2v) is 8.03. The Kier molecular flexibility index (Phi) is 5.39. The molecule has 0 amide bonds. The van der Waals surface area contributed by atoms with Gasteiger partial charge in [0.15, 0.2) is 0 Å². The average Bonchev–Trinajstić information content (AvgIpc) is 3.01. The molecule has 0 bridgehead atoms. The fourth-order valence-electron chi connectivity index (χ4n) is 4.10. The van der Waals surface area contributed by atoms with E-state index in [9.17, 15) is 13.9 Å². The van der Waals surface area contributed by atoms with Gasteiger partial charge in [-0.15, -0.1) is 0 Å². The van der Waals surface area contributed by atoms with Crippen molar-refractivity contribution in [2.75, 3.05) is 26.2 Å². The van der Waals surface area contributed by atoms with E-state index in [0.29, 0.717) is 25.4 Å². The van der Waals surface area contributed by atoms with Gasteiger partial charge in [0, 0.05) is 31.5 Å². The number of alkyl halides is 2. The summed E-state index contributed by atoms with van der Waals surface area (Å²) in [5.41, 5.74) is 1.18. The summed E-state index contributed by atoms with van der Waals surface area (Å²) in [5, 5.41) is 12.4. The third-order valence-electron chi connectivity index (χ3n) is 5.79. The number of aliphatic hydroxyl groups excluding tert-OH is 1. The van der Waals surface area contributed by atoms with Gasteiger partial charge in [-0.2, -0.15) is 0 Å². The molecule has 1 saturated carbocycles. The molecule has 3 nitrogen and oxygen atoms in total. The molecule has 2 aromatic rings. The zero-order chi connectivity index (χ0) is 19.7. The van der Waals surface area contributed by atoms with Crippen LogP contribution in [0.5, 0.6) is 5.75 Å². The largest absolute Gasteiger partial charge is 0.491 e. The molecule has 1 aliphatic heterocycles. The van der Waals surface area contributed by atoms with E-state index in [4.69, 9.17) is 4.74 Å². The lowest BCUT2D eigenvalue weighted by Gasteiger charge is -2.22. The normalized spacial score (nSPS) is 24.6. The minimum Gasteiger partial charge on any atom is -0.491 e. The minimum absolute atomic E-state index is 0.158. The summed E-state index contributed by atoms with van der Waals surface area (Å²) in [6.45, 7) is 3.45. The van der Waals surface area contributed by atoms with Crippen LogP contribution in [0.1, 0.15) is 25.3 Å². The fourth-order valence-corrected chi connectivity index (χ4v) is 4.10. The summed E-state index contributed by atoms with van der Waals surface area (Å²) >= 11 is 0. The van der Waals surface area contributed by atoms with Crippen LogP contribution >= 0.6 is 0 Å². The first kappa shape index (κ1) is 19.3. The maximum absolute atomic E-state index is 13.2. The lowest BCUT2D eigenvalue weighted by Crippen LogP contribution is -2.37. The maximum Gasteiger partial charge on any atom is 0.257 e. The van der Waals surface area contributed by atoms with Crippen molar-refractivity contribution in [2.24, 2.45) is 11.8 Å². The van der Waals surface area contributed by atoms with Gasteiger partial charge in [-0.05, 0) is 41.0 Å². The van der Waals surface area contributed by atoms with E-state index in [0.717, 1.165) is 23.6 Å². The highest BCUT2D eigenvalue weighted by molar-refractivity contribution is 5.86. The second kappa shape index (κ2) is 7.80. The fraction of sp³-hybridized carbons (Fsp3) is 0.478. The molecule has 0 radical (unpaired) electrons. The van der Waals surface area contributed by atoms with Crippen LogP contribution in [-0.2, 0) is 0 Å². The summed E-state index contributed by atoms with van der Waals surface area (Å²) in [6.07, 6.45) is 5.86.